The van der Waals surface area contributed by atoms with Gasteiger partial charge in [-0.1, -0.05) is 13.0 Å². The van der Waals surface area contributed by atoms with E-state index in [9.17, 15) is 4.57 Å². The van der Waals surface area contributed by atoms with E-state index in [0.717, 1.165) is 6.42 Å². The van der Waals surface area contributed by atoms with Crippen LogP contribution in [0.1, 0.15) is 27.2 Å². The summed E-state index contributed by atoms with van der Waals surface area (Å²) in [5.74, 6) is 0. The summed E-state index contributed by atoms with van der Waals surface area (Å²) >= 11 is 0. The van der Waals surface area contributed by atoms with E-state index in [1.807, 2.05) is 20.8 Å². The van der Waals surface area contributed by atoms with Crippen LogP contribution in [0, 0.1) is 0 Å². The Morgan fingerprint density at radius 3 is 2.00 bits per heavy atom. The summed E-state index contributed by atoms with van der Waals surface area (Å²) in [6, 6.07) is 0. The van der Waals surface area contributed by atoms with Gasteiger partial charge in [-0.2, -0.15) is 0 Å². The largest absolute Gasteiger partial charge is 0.337 e. The van der Waals surface area contributed by atoms with Crippen LogP contribution in [0.15, 0.2) is 12.7 Å². The molecule has 1 atom stereocenters. The summed E-state index contributed by atoms with van der Waals surface area (Å²) in [5, 5.41) is 0. The first kappa shape index (κ1) is 12.9. The fraction of sp³-hybridized carbons (Fsp3) is 0.778. The molecule has 78 valence electrons. The molecule has 0 aromatic carbocycles. The predicted molar refractivity (Wildman–Crippen MR) is 55.1 cm³/mol. The molecule has 0 rings (SSSR count). The molecule has 0 bridgehead atoms. The Kier molecular flexibility index (Phi) is 6.31. The van der Waals surface area contributed by atoms with Crippen LogP contribution in [-0.2, 0) is 13.6 Å². The number of hydrogen-bond acceptors (Lipinski definition) is 3. The Labute approximate surface area is 80.7 Å². The van der Waals surface area contributed by atoms with E-state index in [1.54, 1.807) is 6.08 Å². The van der Waals surface area contributed by atoms with E-state index in [4.69, 9.17) is 9.05 Å². The number of allylic oxidation sites excluding steroid dienone is 1. The Hall–Kier alpha value is -0.110. The second-order valence-electron chi connectivity index (χ2n) is 2.59. The topological polar surface area (TPSA) is 35.5 Å². The summed E-state index contributed by atoms with van der Waals surface area (Å²) < 4.78 is 22.4. The van der Waals surface area contributed by atoms with Crippen molar-refractivity contribution in [3.05, 3.63) is 12.7 Å². The lowest BCUT2D eigenvalue weighted by atomic mass is 10.3. The molecule has 13 heavy (non-hydrogen) atoms. The third-order valence-corrected chi connectivity index (χ3v) is 4.34. The van der Waals surface area contributed by atoms with Gasteiger partial charge in [-0.25, -0.2) is 0 Å². The SMILES string of the molecule is C=CC(CC)P(=O)(OCC)OCC. The predicted octanol–water partition coefficient (Wildman–Crippen LogP) is 3.22. The Morgan fingerprint density at radius 1 is 1.31 bits per heavy atom. The maximum absolute atomic E-state index is 12.1. The monoisotopic (exact) mass is 206 g/mol. The Morgan fingerprint density at radius 2 is 1.77 bits per heavy atom. The summed E-state index contributed by atoms with van der Waals surface area (Å²) in [6.07, 6.45) is 2.37. The van der Waals surface area contributed by atoms with Crippen molar-refractivity contribution in [2.45, 2.75) is 32.9 Å². The van der Waals surface area contributed by atoms with Gasteiger partial charge in [-0.15, -0.1) is 6.58 Å². The summed E-state index contributed by atoms with van der Waals surface area (Å²) in [7, 11) is -2.95. The fourth-order valence-corrected chi connectivity index (χ4v) is 2.99. The van der Waals surface area contributed by atoms with Crippen molar-refractivity contribution in [1.82, 2.24) is 0 Å². The van der Waals surface area contributed by atoms with Crippen molar-refractivity contribution < 1.29 is 13.6 Å². The zero-order valence-corrected chi connectivity index (χ0v) is 9.55. The molecule has 4 heteroatoms. The molecule has 0 heterocycles. The maximum Gasteiger partial charge on any atom is 0.337 e. The lowest BCUT2D eigenvalue weighted by molar-refractivity contribution is 0.215. The van der Waals surface area contributed by atoms with Gasteiger partial charge in [0, 0.05) is 0 Å². The van der Waals surface area contributed by atoms with Gasteiger partial charge in [0.25, 0.3) is 0 Å². The highest BCUT2D eigenvalue weighted by atomic mass is 31.2. The van der Waals surface area contributed by atoms with Gasteiger partial charge in [-0.3, -0.25) is 4.57 Å². The highest BCUT2D eigenvalue weighted by Gasteiger charge is 2.31. The van der Waals surface area contributed by atoms with Crippen molar-refractivity contribution in [3.63, 3.8) is 0 Å². The molecule has 0 spiro atoms. The molecule has 0 N–H and O–H groups in total. The van der Waals surface area contributed by atoms with Crippen molar-refractivity contribution >= 4 is 7.60 Å². The molecule has 0 fully saturated rings. The summed E-state index contributed by atoms with van der Waals surface area (Å²) in [5.41, 5.74) is -0.188. The average molecular weight is 206 g/mol. The molecule has 0 radical (unpaired) electrons. The molecule has 1 unspecified atom stereocenters. The second kappa shape index (κ2) is 6.36. The Balaban J connectivity index is 4.53. The molecular formula is C9H19O3P. The second-order valence-corrected chi connectivity index (χ2v) is 4.85. The molecule has 0 aliphatic heterocycles. The number of rotatable bonds is 7. The van der Waals surface area contributed by atoms with Crippen molar-refractivity contribution in [2.24, 2.45) is 0 Å². The van der Waals surface area contributed by atoms with Gasteiger partial charge in [0.1, 0.15) is 0 Å². The molecule has 0 aliphatic rings. The van der Waals surface area contributed by atoms with Crippen LogP contribution in [0.3, 0.4) is 0 Å². The third-order valence-electron chi connectivity index (χ3n) is 1.71. The molecule has 0 aliphatic carbocycles. The minimum absolute atomic E-state index is 0.188. The lowest BCUT2D eigenvalue weighted by Gasteiger charge is -2.22. The molecule has 0 saturated heterocycles. The molecule has 3 nitrogen and oxygen atoms in total. The minimum atomic E-state index is -2.95. The first-order chi connectivity index (χ1) is 6.14. The zero-order chi connectivity index (χ0) is 10.3. The normalized spacial score (nSPS) is 14.1. The van der Waals surface area contributed by atoms with Crippen molar-refractivity contribution in [1.29, 1.82) is 0 Å². The summed E-state index contributed by atoms with van der Waals surface area (Å²) in [6.45, 7) is 9.99. The van der Waals surface area contributed by atoms with Crippen LogP contribution in [-0.4, -0.2) is 18.9 Å². The highest BCUT2D eigenvalue weighted by molar-refractivity contribution is 7.54. The smallest absolute Gasteiger partial charge is 0.308 e. The molecule has 0 aromatic heterocycles. The van der Waals surface area contributed by atoms with Crippen LogP contribution < -0.4 is 0 Å². The van der Waals surface area contributed by atoms with Crippen LogP contribution >= 0.6 is 7.60 Å². The molecular weight excluding hydrogens is 187 g/mol. The van der Waals surface area contributed by atoms with E-state index >= 15 is 0 Å². The molecule has 0 saturated carbocycles. The van der Waals surface area contributed by atoms with Gasteiger partial charge < -0.3 is 9.05 Å². The first-order valence-electron chi connectivity index (χ1n) is 4.65. The van der Waals surface area contributed by atoms with Crippen LogP contribution in [0.25, 0.3) is 0 Å². The maximum atomic E-state index is 12.1. The van der Waals surface area contributed by atoms with Gasteiger partial charge in [0.2, 0.25) is 0 Å². The van der Waals surface area contributed by atoms with E-state index in [-0.39, 0.29) is 5.66 Å². The Bertz CT molecular complexity index is 181. The lowest BCUT2D eigenvalue weighted by Crippen LogP contribution is -2.09. The van der Waals surface area contributed by atoms with Crippen molar-refractivity contribution in [3.8, 4) is 0 Å². The number of hydrogen-bond donors (Lipinski definition) is 0. The molecule has 0 amide bonds. The standard InChI is InChI=1S/C9H19O3P/c1-5-9(6-2)13(10,11-7-3)12-8-4/h5,9H,1,6-8H2,2-4H3. The third kappa shape index (κ3) is 3.63. The van der Waals surface area contributed by atoms with Crippen LogP contribution in [0.4, 0.5) is 0 Å². The van der Waals surface area contributed by atoms with Gasteiger partial charge >= 0.3 is 7.60 Å². The minimum Gasteiger partial charge on any atom is -0.308 e. The van der Waals surface area contributed by atoms with Gasteiger partial charge in [0.05, 0.1) is 18.9 Å². The molecule has 0 aromatic rings. The van der Waals surface area contributed by atoms with E-state index in [0.29, 0.717) is 13.2 Å². The quantitative estimate of drug-likeness (QED) is 0.474. The van der Waals surface area contributed by atoms with E-state index < -0.39 is 7.60 Å². The van der Waals surface area contributed by atoms with Crippen molar-refractivity contribution in [2.75, 3.05) is 13.2 Å². The fourth-order valence-electron chi connectivity index (χ4n) is 1.11. The first-order valence-corrected chi connectivity index (χ1v) is 6.27. The van der Waals surface area contributed by atoms with Crippen LogP contribution in [0.2, 0.25) is 0 Å². The zero-order valence-electron chi connectivity index (χ0n) is 8.66. The highest BCUT2D eigenvalue weighted by Crippen LogP contribution is 2.54. The van der Waals surface area contributed by atoms with Crippen LogP contribution in [0.5, 0.6) is 0 Å². The average Bonchev–Trinajstić information content (AvgIpc) is 2.07. The summed E-state index contributed by atoms with van der Waals surface area (Å²) in [4.78, 5) is 0. The van der Waals surface area contributed by atoms with E-state index in [1.165, 1.54) is 0 Å². The van der Waals surface area contributed by atoms with Gasteiger partial charge in [-0.05, 0) is 20.3 Å². The van der Waals surface area contributed by atoms with E-state index in [2.05, 4.69) is 6.58 Å². The van der Waals surface area contributed by atoms with Gasteiger partial charge in [0.15, 0.2) is 0 Å².